The fourth-order valence-electron chi connectivity index (χ4n) is 3.22. The number of nitrogens with one attached hydrogen (secondary N) is 1. The molecule has 1 aromatic rings. The minimum absolute atomic E-state index is 0.115. The molecular weight excluding hydrogens is 276 g/mol. The topological polar surface area (TPSA) is 52.6 Å². The van der Waals surface area contributed by atoms with Crippen LogP contribution in [0.4, 0.5) is 5.69 Å². The van der Waals surface area contributed by atoms with Gasteiger partial charge in [-0.2, -0.15) is 0 Å². The van der Waals surface area contributed by atoms with Gasteiger partial charge in [0, 0.05) is 37.5 Å². The van der Waals surface area contributed by atoms with E-state index in [0.717, 1.165) is 49.6 Å². The molecule has 0 atom stereocenters. The first-order valence-corrected chi connectivity index (χ1v) is 8.50. The molecule has 0 spiro atoms. The lowest BCUT2D eigenvalue weighted by atomic mass is 9.85. The van der Waals surface area contributed by atoms with Crippen LogP contribution in [0.5, 0.6) is 0 Å². The van der Waals surface area contributed by atoms with Crippen molar-refractivity contribution < 1.29 is 9.90 Å². The van der Waals surface area contributed by atoms with Gasteiger partial charge in [-0.3, -0.25) is 4.79 Å². The number of hydrogen-bond acceptors (Lipinski definition) is 3. The number of piperidine rings is 1. The van der Waals surface area contributed by atoms with Crippen LogP contribution in [0.25, 0.3) is 0 Å². The lowest BCUT2D eigenvalue weighted by Crippen LogP contribution is -2.39. The van der Waals surface area contributed by atoms with Crippen LogP contribution in [0.1, 0.15) is 42.5 Å². The lowest BCUT2D eigenvalue weighted by Gasteiger charge is -2.31. The minimum atomic E-state index is 0.115. The zero-order valence-electron chi connectivity index (χ0n) is 13.1. The zero-order chi connectivity index (χ0) is 15.4. The van der Waals surface area contributed by atoms with Gasteiger partial charge in [-0.1, -0.05) is 12.5 Å². The second-order valence-electron chi connectivity index (χ2n) is 6.68. The van der Waals surface area contributed by atoms with Crippen molar-refractivity contribution in [3.8, 4) is 0 Å². The summed E-state index contributed by atoms with van der Waals surface area (Å²) in [7, 11) is 0. The summed E-state index contributed by atoms with van der Waals surface area (Å²) in [5, 5.41) is 12.6. The van der Waals surface area contributed by atoms with E-state index in [4.69, 9.17) is 0 Å². The third-order valence-corrected chi connectivity index (χ3v) is 5.09. The van der Waals surface area contributed by atoms with Crippen molar-refractivity contribution in [3.63, 3.8) is 0 Å². The molecule has 4 nitrogen and oxygen atoms in total. The van der Waals surface area contributed by atoms with Crippen molar-refractivity contribution in [3.05, 3.63) is 29.8 Å². The lowest BCUT2D eigenvalue weighted by molar-refractivity contribution is 0.0651. The summed E-state index contributed by atoms with van der Waals surface area (Å²) in [5.74, 6) is 1.28. The molecule has 2 aliphatic rings. The van der Waals surface area contributed by atoms with Gasteiger partial charge in [-0.05, 0) is 55.7 Å². The van der Waals surface area contributed by atoms with Crippen LogP contribution in [0.3, 0.4) is 0 Å². The summed E-state index contributed by atoms with van der Waals surface area (Å²) in [4.78, 5) is 14.5. The minimum Gasteiger partial charge on any atom is -0.396 e. The monoisotopic (exact) mass is 302 g/mol. The van der Waals surface area contributed by atoms with Gasteiger partial charge in [0.2, 0.25) is 0 Å². The van der Waals surface area contributed by atoms with E-state index in [9.17, 15) is 9.90 Å². The Labute approximate surface area is 132 Å². The van der Waals surface area contributed by atoms with Crippen molar-refractivity contribution in [2.24, 2.45) is 11.8 Å². The van der Waals surface area contributed by atoms with Gasteiger partial charge >= 0.3 is 0 Å². The van der Waals surface area contributed by atoms with Crippen molar-refractivity contribution in [2.45, 2.75) is 32.1 Å². The standard InChI is InChI=1S/C18H26N2O2/c21-13-15-7-9-20(10-8-15)18(22)16-5-2-6-17(11-16)19-12-14-3-1-4-14/h2,5-6,11,14-15,19,21H,1,3-4,7-10,12-13H2. The number of anilines is 1. The fourth-order valence-corrected chi connectivity index (χ4v) is 3.22. The first-order chi connectivity index (χ1) is 10.8. The summed E-state index contributed by atoms with van der Waals surface area (Å²) in [6.45, 7) is 2.76. The normalized spacial score (nSPS) is 19.8. The molecule has 22 heavy (non-hydrogen) atoms. The second kappa shape index (κ2) is 7.14. The molecule has 0 radical (unpaired) electrons. The van der Waals surface area contributed by atoms with Crippen LogP contribution in [0, 0.1) is 11.8 Å². The number of carbonyl (C=O) groups excluding carboxylic acids is 1. The fraction of sp³-hybridized carbons (Fsp3) is 0.611. The molecule has 0 bridgehead atoms. The number of aliphatic hydroxyl groups excluding tert-OH is 1. The molecular formula is C18H26N2O2. The van der Waals surface area contributed by atoms with Crippen LogP contribution >= 0.6 is 0 Å². The van der Waals surface area contributed by atoms with Crippen LogP contribution in [0.2, 0.25) is 0 Å². The first-order valence-electron chi connectivity index (χ1n) is 8.50. The molecule has 1 aliphatic carbocycles. The number of rotatable bonds is 5. The average Bonchev–Trinajstić information content (AvgIpc) is 2.53. The predicted molar refractivity (Wildman–Crippen MR) is 88.0 cm³/mol. The van der Waals surface area contributed by atoms with Crippen molar-refractivity contribution >= 4 is 11.6 Å². The Morgan fingerprint density at radius 1 is 1.18 bits per heavy atom. The Balaban J connectivity index is 1.57. The molecule has 2 N–H and O–H groups in total. The van der Waals surface area contributed by atoms with E-state index in [-0.39, 0.29) is 12.5 Å². The number of hydrogen-bond donors (Lipinski definition) is 2. The molecule has 1 saturated carbocycles. The quantitative estimate of drug-likeness (QED) is 0.879. The molecule has 2 fully saturated rings. The molecule has 0 aromatic heterocycles. The van der Waals surface area contributed by atoms with Crippen molar-refractivity contribution in [1.29, 1.82) is 0 Å². The molecule has 1 saturated heterocycles. The van der Waals surface area contributed by atoms with Gasteiger partial charge in [-0.15, -0.1) is 0 Å². The second-order valence-corrected chi connectivity index (χ2v) is 6.68. The maximum absolute atomic E-state index is 12.6. The van der Waals surface area contributed by atoms with E-state index in [1.807, 2.05) is 29.2 Å². The first kappa shape index (κ1) is 15.3. The van der Waals surface area contributed by atoms with Crippen LogP contribution < -0.4 is 5.32 Å². The van der Waals surface area contributed by atoms with Gasteiger partial charge < -0.3 is 15.3 Å². The maximum atomic E-state index is 12.6. The Bertz CT molecular complexity index is 506. The van der Waals surface area contributed by atoms with E-state index in [1.165, 1.54) is 19.3 Å². The Kier molecular flexibility index (Phi) is 4.98. The average molecular weight is 302 g/mol. The highest BCUT2D eigenvalue weighted by Gasteiger charge is 2.23. The molecule has 120 valence electrons. The number of carbonyl (C=O) groups is 1. The third kappa shape index (κ3) is 3.61. The number of nitrogens with zero attached hydrogens (tertiary/aromatic N) is 1. The maximum Gasteiger partial charge on any atom is 0.253 e. The van der Waals surface area contributed by atoms with Gasteiger partial charge in [0.15, 0.2) is 0 Å². The summed E-state index contributed by atoms with van der Waals surface area (Å²) >= 11 is 0. The Morgan fingerprint density at radius 2 is 1.95 bits per heavy atom. The smallest absolute Gasteiger partial charge is 0.253 e. The highest BCUT2D eigenvalue weighted by molar-refractivity contribution is 5.95. The molecule has 1 amide bonds. The van der Waals surface area contributed by atoms with E-state index in [0.29, 0.717) is 5.92 Å². The highest BCUT2D eigenvalue weighted by Crippen LogP contribution is 2.26. The van der Waals surface area contributed by atoms with Gasteiger partial charge in [0.05, 0.1) is 0 Å². The molecule has 4 heteroatoms. The predicted octanol–water partition coefficient (Wildman–Crippen LogP) is 2.74. The van der Waals surface area contributed by atoms with Crippen molar-refractivity contribution in [2.75, 3.05) is 31.6 Å². The summed E-state index contributed by atoms with van der Waals surface area (Å²) in [6, 6.07) is 7.86. The molecule has 1 heterocycles. The summed E-state index contributed by atoms with van der Waals surface area (Å²) in [6.07, 6.45) is 5.81. The molecule has 1 aliphatic heterocycles. The highest BCUT2D eigenvalue weighted by atomic mass is 16.3. The van der Waals surface area contributed by atoms with Crippen LogP contribution in [-0.4, -0.2) is 42.2 Å². The van der Waals surface area contributed by atoms with E-state index < -0.39 is 0 Å². The molecule has 1 aromatic carbocycles. The Morgan fingerprint density at radius 3 is 2.59 bits per heavy atom. The molecule has 0 unspecified atom stereocenters. The Hall–Kier alpha value is -1.55. The largest absolute Gasteiger partial charge is 0.396 e. The molecule has 3 rings (SSSR count). The number of likely N-dealkylation sites (tertiary alicyclic amines) is 1. The van der Waals surface area contributed by atoms with Crippen LogP contribution in [-0.2, 0) is 0 Å². The number of amides is 1. The summed E-state index contributed by atoms with van der Waals surface area (Å²) < 4.78 is 0. The zero-order valence-corrected chi connectivity index (χ0v) is 13.1. The van der Waals surface area contributed by atoms with Gasteiger partial charge in [0.1, 0.15) is 0 Å². The number of aliphatic hydroxyl groups is 1. The SMILES string of the molecule is O=C(c1cccc(NCC2CCC2)c1)N1CCC(CO)CC1. The van der Waals surface area contributed by atoms with Gasteiger partial charge in [-0.25, -0.2) is 0 Å². The van der Waals surface area contributed by atoms with Crippen LogP contribution in [0.15, 0.2) is 24.3 Å². The summed E-state index contributed by atoms with van der Waals surface area (Å²) in [5.41, 5.74) is 1.81. The van der Waals surface area contributed by atoms with E-state index >= 15 is 0 Å². The van der Waals surface area contributed by atoms with E-state index in [1.54, 1.807) is 0 Å². The third-order valence-electron chi connectivity index (χ3n) is 5.09. The number of benzene rings is 1. The van der Waals surface area contributed by atoms with Gasteiger partial charge in [0.25, 0.3) is 5.91 Å². The van der Waals surface area contributed by atoms with Crippen molar-refractivity contribution in [1.82, 2.24) is 4.90 Å². The van der Waals surface area contributed by atoms with E-state index in [2.05, 4.69) is 5.32 Å².